The molecule has 2 aromatic carbocycles. The average Bonchev–Trinajstić information content (AvgIpc) is 2.81. The third-order valence-corrected chi connectivity index (χ3v) is 5.92. The summed E-state index contributed by atoms with van der Waals surface area (Å²) in [6.45, 7) is 2.26. The molecule has 0 unspecified atom stereocenters. The van der Waals surface area contributed by atoms with Gasteiger partial charge in [-0.25, -0.2) is 4.98 Å². The molecule has 0 fully saturated rings. The Morgan fingerprint density at radius 3 is 1.69 bits per heavy atom. The first-order valence-corrected chi connectivity index (χ1v) is 12.1. The molecule has 0 amide bonds. The number of phenolic OH excluding ortho intramolecular Hbond substituents is 2. The van der Waals surface area contributed by atoms with E-state index in [1.54, 1.807) is 30.5 Å². The molecule has 1 heterocycles. The van der Waals surface area contributed by atoms with Gasteiger partial charge in [-0.3, -0.25) is 4.98 Å². The lowest BCUT2D eigenvalue weighted by molar-refractivity contribution is 0.475. The summed E-state index contributed by atoms with van der Waals surface area (Å²) in [5, 5.41) is 19.2. The van der Waals surface area contributed by atoms with E-state index >= 15 is 0 Å². The molecule has 32 heavy (non-hydrogen) atoms. The number of benzene rings is 2. The van der Waals surface area contributed by atoms with Crippen molar-refractivity contribution in [2.24, 2.45) is 0 Å². The minimum Gasteiger partial charge on any atom is -0.508 e. The highest BCUT2D eigenvalue weighted by Gasteiger charge is 2.11. The molecule has 0 radical (unpaired) electrons. The fourth-order valence-electron chi connectivity index (χ4n) is 4.01. The maximum atomic E-state index is 9.64. The molecule has 170 valence electrons. The lowest BCUT2D eigenvalue weighted by Gasteiger charge is -2.11. The van der Waals surface area contributed by atoms with Gasteiger partial charge in [0.1, 0.15) is 11.5 Å². The van der Waals surface area contributed by atoms with Crippen LogP contribution >= 0.6 is 0 Å². The predicted octanol–water partition coefficient (Wildman–Crippen LogP) is 7.69. The largest absolute Gasteiger partial charge is 0.508 e. The Bertz CT molecular complexity index is 937. The van der Waals surface area contributed by atoms with Gasteiger partial charge < -0.3 is 10.2 Å². The topological polar surface area (TPSA) is 66.2 Å². The second kappa shape index (κ2) is 12.8. The van der Waals surface area contributed by atoms with E-state index in [4.69, 9.17) is 9.97 Å². The Labute approximate surface area is 192 Å². The van der Waals surface area contributed by atoms with Crippen LogP contribution in [0.4, 0.5) is 0 Å². The van der Waals surface area contributed by atoms with E-state index in [1.807, 2.05) is 24.3 Å². The first kappa shape index (κ1) is 23.8. The lowest BCUT2D eigenvalue weighted by atomic mass is 10.0. The number of hydrogen-bond acceptors (Lipinski definition) is 4. The quantitative estimate of drug-likeness (QED) is 0.272. The molecular weight excluding hydrogens is 396 g/mol. The molecule has 0 bridgehead atoms. The van der Waals surface area contributed by atoms with Crippen LogP contribution in [0.25, 0.3) is 22.5 Å². The molecule has 0 spiro atoms. The SMILES string of the molecule is CCCCCCCCCCCCc1nc(-c2ccc(O)cc2)cnc1-c1ccc(O)cc1. The van der Waals surface area contributed by atoms with Crippen LogP contribution in [0.15, 0.2) is 54.7 Å². The second-order valence-corrected chi connectivity index (χ2v) is 8.58. The number of aromatic hydroxyl groups is 2. The lowest BCUT2D eigenvalue weighted by Crippen LogP contribution is -2.00. The monoisotopic (exact) mass is 432 g/mol. The van der Waals surface area contributed by atoms with Crippen LogP contribution in [0.2, 0.25) is 0 Å². The standard InChI is InChI=1S/C28H36N2O2/c1-2-3-4-5-6-7-8-9-10-11-12-26-28(23-15-19-25(32)20-16-23)29-21-27(30-26)22-13-17-24(31)18-14-22/h13-21,31-32H,2-12H2,1H3. The minimum absolute atomic E-state index is 0.244. The van der Waals surface area contributed by atoms with Crippen LogP contribution in [-0.4, -0.2) is 20.2 Å². The Hall–Kier alpha value is -2.88. The van der Waals surface area contributed by atoms with Crippen molar-refractivity contribution in [3.05, 3.63) is 60.4 Å². The summed E-state index contributed by atoms with van der Waals surface area (Å²) < 4.78 is 0. The van der Waals surface area contributed by atoms with E-state index in [2.05, 4.69) is 6.92 Å². The Morgan fingerprint density at radius 1 is 0.625 bits per heavy atom. The van der Waals surface area contributed by atoms with Crippen molar-refractivity contribution in [3.8, 4) is 34.0 Å². The summed E-state index contributed by atoms with van der Waals surface area (Å²) in [5.41, 5.74) is 4.59. The van der Waals surface area contributed by atoms with Crippen molar-refractivity contribution in [1.82, 2.24) is 9.97 Å². The fourth-order valence-corrected chi connectivity index (χ4v) is 4.01. The zero-order chi connectivity index (χ0) is 22.6. The maximum absolute atomic E-state index is 9.64. The van der Waals surface area contributed by atoms with Crippen LogP contribution in [0.3, 0.4) is 0 Å². The van der Waals surface area contributed by atoms with Crippen molar-refractivity contribution in [3.63, 3.8) is 0 Å². The van der Waals surface area contributed by atoms with Crippen LogP contribution in [0.1, 0.15) is 76.8 Å². The van der Waals surface area contributed by atoms with Crippen molar-refractivity contribution < 1.29 is 10.2 Å². The van der Waals surface area contributed by atoms with E-state index in [9.17, 15) is 10.2 Å². The summed E-state index contributed by atoms with van der Waals surface area (Å²) in [7, 11) is 0. The fraction of sp³-hybridized carbons (Fsp3) is 0.429. The van der Waals surface area contributed by atoms with Crippen molar-refractivity contribution >= 4 is 0 Å². The Balaban J connectivity index is 1.61. The van der Waals surface area contributed by atoms with Gasteiger partial charge in [0.05, 0.1) is 23.3 Å². The van der Waals surface area contributed by atoms with Gasteiger partial charge >= 0.3 is 0 Å². The molecule has 0 aliphatic rings. The van der Waals surface area contributed by atoms with Crippen molar-refractivity contribution in [1.29, 1.82) is 0 Å². The predicted molar refractivity (Wildman–Crippen MR) is 132 cm³/mol. The highest BCUT2D eigenvalue weighted by atomic mass is 16.3. The summed E-state index contributed by atoms with van der Waals surface area (Å²) in [6.07, 6.45) is 15.7. The molecule has 0 saturated heterocycles. The number of nitrogens with zero attached hydrogens (tertiary/aromatic N) is 2. The van der Waals surface area contributed by atoms with E-state index in [-0.39, 0.29) is 11.5 Å². The molecular formula is C28H36N2O2. The highest BCUT2D eigenvalue weighted by molar-refractivity contribution is 5.66. The first-order valence-electron chi connectivity index (χ1n) is 12.1. The summed E-state index contributed by atoms with van der Waals surface area (Å²) in [5.74, 6) is 0.492. The van der Waals surface area contributed by atoms with Crippen LogP contribution in [0.5, 0.6) is 11.5 Å². The third kappa shape index (κ3) is 7.37. The van der Waals surface area contributed by atoms with Crippen LogP contribution < -0.4 is 0 Å². The zero-order valence-electron chi connectivity index (χ0n) is 19.3. The van der Waals surface area contributed by atoms with Crippen LogP contribution in [-0.2, 0) is 6.42 Å². The number of phenols is 2. The molecule has 0 saturated carbocycles. The molecule has 4 heteroatoms. The van der Waals surface area contributed by atoms with Gasteiger partial charge in [0.15, 0.2) is 0 Å². The van der Waals surface area contributed by atoms with Crippen LogP contribution in [0, 0.1) is 0 Å². The normalized spacial score (nSPS) is 11.0. The Morgan fingerprint density at radius 2 is 1.12 bits per heavy atom. The summed E-state index contributed by atoms with van der Waals surface area (Å²) in [4.78, 5) is 9.68. The molecule has 3 rings (SSSR count). The zero-order valence-corrected chi connectivity index (χ0v) is 19.3. The van der Waals surface area contributed by atoms with Gasteiger partial charge in [0.2, 0.25) is 0 Å². The van der Waals surface area contributed by atoms with Gasteiger partial charge in [0, 0.05) is 11.1 Å². The highest BCUT2D eigenvalue weighted by Crippen LogP contribution is 2.27. The molecule has 4 nitrogen and oxygen atoms in total. The van der Waals surface area contributed by atoms with Crippen molar-refractivity contribution in [2.45, 2.75) is 77.6 Å². The number of hydrogen-bond donors (Lipinski definition) is 2. The molecule has 0 aliphatic heterocycles. The number of aryl methyl sites for hydroxylation is 1. The summed E-state index contributed by atoms with van der Waals surface area (Å²) in [6, 6.07) is 14.2. The van der Waals surface area contributed by atoms with E-state index in [0.29, 0.717) is 0 Å². The maximum Gasteiger partial charge on any atom is 0.115 e. The molecule has 0 atom stereocenters. The van der Waals surface area contributed by atoms with E-state index in [0.717, 1.165) is 41.1 Å². The average molecular weight is 433 g/mol. The van der Waals surface area contributed by atoms with Gasteiger partial charge in [-0.15, -0.1) is 0 Å². The molecule has 3 aromatic rings. The number of rotatable bonds is 13. The molecule has 2 N–H and O–H groups in total. The molecule has 0 aliphatic carbocycles. The van der Waals surface area contributed by atoms with E-state index < -0.39 is 0 Å². The van der Waals surface area contributed by atoms with E-state index in [1.165, 1.54) is 57.8 Å². The third-order valence-electron chi connectivity index (χ3n) is 5.92. The minimum atomic E-state index is 0.244. The molecule has 1 aromatic heterocycles. The Kier molecular flexibility index (Phi) is 9.55. The van der Waals surface area contributed by atoms with Crippen molar-refractivity contribution in [2.75, 3.05) is 0 Å². The van der Waals surface area contributed by atoms with Gasteiger partial charge in [-0.05, 0) is 61.4 Å². The first-order chi connectivity index (χ1) is 15.7. The van der Waals surface area contributed by atoms with Gasteiger partial charge in [-0.2, -0.15) is 0 Å². The summed E-state index contributed by atoms with van der Waals surface area (Å²) >= 11 is 0. The second-order valence-electron chi connectivity index (χ2n) is 8.58. The number of aromatic nitrogens is 2. The van der Waals surface area contributed by atoms with Gasteiger partial charge in [0.25, 0.3) is 0 Å². The number of unbranched alkanes of at least 4 members (excludes halogenated alkanes) is 9. The smallest absolute Gasteiger partial charge is 0.115 e. The van der Waals surface area contributed by atoms with Gasteiger partial charge in [-0.1, -0.05) is 64.7 Å².